The third kappa shape index (κ3) is 6.20. The molecule has 0 saturated carbocycles. The minimum atomic E-state index is -0.125. The van der Waals surface area contributed by atoms with Crippen LogP contribution in [0.25, 0.3) is 27.6 Å². The fourth-order valence-corrected chi connectivity index (χ4v) is 4.62. The summed E-state index contributed by atoms with van der Waals surface area (Å²) in [4.78, 5) is 17.0. The summed E-state index contributed by atoms with van der Waals surface area (Å²) in [5.74, 6) is -0.0625. The number of pyridine rings is 1. The van der Waals surface area contributed by atoms with E-state index in [1.54, 1.807) is 0 Å². The Kier molecular flexibility index (Phi) is 9.28. The monoisotopic (exact) mass is 703 g/mol. The van der Waals surface area contributed by atoms with Crippen molar-refractivity contribution < 1.29 is 30.0 Å². The largest absolute Gasteiger partial charge is 0.512 e. The first-order valence-electron chi connectivity index (χ1n) is 12.7. The van der Waals surface area contributed by atoms with Gasteiger partial charge in [0.05, 0.1) is 5.76 Å². The number of benzene rings is 4. The molecule has 0 atom stereocenters. The van der Waals surface area contributed by atoms with Gasteiger partial charge in [0.2, 0.25) is 0 Å². The maximum atomic E-state index is 10.0. The van der Waals surface area contributed by atoms with E-state index < -0.39 is 0 Å². The van der Waals surface area contributed by atoms with Crippen molar-refractivity contribution in [1.29, 1.82) is 0 Å². The predicted molar refractivity (Wildman–Crippen MR) is 159 cm³/mol. The molecular weight excluding hydrogens is 675 g/mol. The SMILES string of the molecule is CC(=O)/C=C(/C)O.[Ir].[c-]1cc(N(c2ccccc2)c2ccccc2)cc2c1c1ncccc1n2-c1ccccc1. The van der Waals surface area contributed by atoms with Crippen LogP contribution in [0.4, 0.5) is 17.1 Å². The first kappa shape index (κ1) is 28.5. The van der Waals surface area contributed by atoms with E-state index in [-0.39, 0.29) is 31.6 Å². The number of aromatic nitrogens is 2. The normalized spacial score (nSPS) is 10.9. The van der Waals surface area contributed by atoms with Gasteiger partial charge in [-0.1, -0.05) is 66.0 Å². The summed E-state index contributed by atoms with van der Waals surface area (Å²) in [7, 11) is 0. The number of anilines is 3. The zero-order valence-corrected chi connectivity index (χ0v) is 24.5. The van der Waals surface area contributed by atoms with Gasteiger partial charge in [0.15, 0.2) is 5.78 Å². The molecule has 0 aliphatic heterocycles. The fourth-order valence-electron chi connectivity index (χ4n) is 4.62. The molecular formula is C34H28IrN3O2-. The zero-order chi connectivity index (χ0) is 27.2. The Morgan fingerprint density at radius 3 is 1.90 bits per heavy atom. The number of nitrogens with zero attached hydrogens (tertiary/aromatic N) is 3. The quantitative estimate of drug-likeness (QED) is 0.111. The van der Waals surface area contributed by atoms with Crippen LogP contribution in [0.1, 0.15) is 13.8 Å². The van der Waals surface area contributed by atoms with Gasteiger partial charge >= 0.3 is 0 Å². The number of rotatable bonds is 5. The van der Waals surface area contributed by atoms with Gasteiger partial charge in [-0.3, -0.25) is 4.79 Å². The van der Waals surface area contributed by atoms with Gasteiger partial charge in [-0.25, -0.2) is 0 Å². The molecule has 2 aromatic heterocycles. The van der Waals surface area contributed by atoms with E-state index in [9.17, 15) is 4.79 Å². The van der Waals surface area contributed by atoms with Crippen LogP contribution < -0.4 is 4.90 Å². The summed E-state index contributed by atoms with van der Waals surface area (Å²) in [5.41, 5.74) is 7.49. The molecule has 2 heterocycles. The van der Waals surface area contributed by atoms with Gasteiger partial charge in [-0.15, -0.1) is 12.1 Å². The Morgan fingerprint density at radius 2 is 1.38 bits per heavy atom. The van der Waals surface area contributed by atoms with Crippen LogP contribution in [0.15, 0.2) is 133 Å². The van der Waals surface area contributed by atoms with Crippen LogP contribution in [-0.2, 0) is 24.9 Å². The summed E-state index contributed by atoms with van der Waals surface area (Å²) in [6.45, 7) is 2.85. The Bertz CT molecular complexity index is 1700. The average molecular weight is 703 g/mol. The first-order valence-corrected chi connectivity index (χ1v) is 12.7. The van der Waals surface area contributed by atoms with E-state index in [2.05, 4.69) is 112 Å². The second-order valence-electron chi connectivity index (χ2n) is 9.06. The van der Waals surface area contributed by atoms with Gasteiger partial charge in [-0.05, 0) is 73.6 Å². The third-order valence-corrected chi connectivity index (χ3v) is 6.12. The zero-order valence-electron chi connectivity index (χ0n) is 22.2. The molecule has 0 fully saturated rings. The molecule has 6 rings (SSSR count). The maximum Gasteiger partial charge on any atom is 0.155 e. The molecule has 6 aromatic rings. The van der Waals surface area contributed by atoms with Crippen molar-refractivity contribution in [3.8, 4) is 5.69 Å². The number of carbonyl (C=O) groups is 1. The second kappa shape index (κ2) is 13.0. The van der Waals surface area contributed by atoms with E-state index in [4.69, 9.17) is 5.11 Å². The minimum Gasteiger partial charge on any atom is -0.512 e. The van der Waals surface area contributed by atoms with E-state index in [0.717, 1.165) is 44.7 Å². The summed E-state index contributed by atoms with van der Waals surface area (Å²) in [5, 5.41) is 9.39. The van der Waals surface area contributed by atoms with Gasteiger partial charge in [0.1, 0.15) is 0 Å². The molecule has 1 radical (unpaired) electrons. The Hall–Kier alpha value is -4.51. The van der Waals surface area contributed by atoms with E-state index >= 15 is 0 Å². The van der Waals surface area contributed by atoms with Crippen LogP contribution in [0.3, 0.4) is 0 Å². The molecule has 0 bridgehead atoms. The summed E-state index contributed by atoms with van der Waals surface area (Å²) < 4.78 is 2.27. The predicted octanol–water partition coefficient (Wildman–Crippen LogP) is 8.48. The number of ketones is 1. The molecule has 0 aliphatic rings. The van der Waals surface area contributed by atoms with Crippen molar-refractivity contribution in [2.75, 3.05) is 4.90 Å². The number of carbonyl (C=O) groups excluding carboxylic acids is 1. The van der Waals surface area contributed by atoms with Gasteiger partial charge in [0, 0.05) is 60.5 Å². The standard InChI is InChI=1S/C29H20N3.C5H8O2.Ir/c1-4-11-22(12-5-1)31(23-13-6-2-7-14-23)25-18-19-26-28(21-25)32(24-15-8-3-9-16-24)27-17-10-20-30-29(26)27;1-4(6)3-5(2)7;/h1-18,20-21H;3,6H,1-2H3;/q-1;;/b;4-3-;. The second-order valence-corrected chi connectivity index (χ2v) is 9.06. The smallest absolute Gasteiger partial charge is 0.155 e. The number of para-hydroxylation sites is 3. The van der Waals surface area contributed by atoms with Crippen LogP contribution in [0, 0.1) is 6.07 Å². The number of fused-ring (bicyclic) bond motifs is 3. The maximum absolute atomic E-state index is 10.0. The van der Waals surface area contributed by atoms with Gasteiger partial charge in [0.25, 0.3) is 0 Å². The molecule has 0 aliphatic carbocycles. The van der Waals surface area contributed by atoms with Crippen molar-refractivity contribution in [2.45, 2.75) is 13.8 Å². The Labute approximate surface area is 247 Å². The number of aliphatic hydroxyl groups excluding tert-OH is 1. The van der Waals surface area contributed by atoms with Crippen LogP contribution in [-0.4, -0.2) is 20.4 Å². The number of allylic oxidation sites excluding steroid dienone is 2. The first-order chi connectivity index (χ1) is 19.0. The van der Waals surface area contributed by atoms with Crippen LogP contribution in [0.5, 0.6) is 0 Å². The molecule has 6 heteroatoms. The number of aliphatic hydroxyl groups is 1. The molecule has 40 heavy (non-hydrogen) atoms. The molecule has 1 N–H and O–H groups in total. The molecule has 5 nitrogen and oxygen atoms in total. The van der Waals surface area contributed by atoms with Crippen LogP contribution in [0.2, 0.25) is 0 Å². The van der Waals surface area contributed by atoms with Crippen LogP contribution >= 0.6 is 0 Å². The minimum absolute atomic E-state index is 0. The molecule has 0 amide bonds. The van der Waals surface area contributed by atoms with Crippen molar-refractivity contribution in [3.05, 3.63) is 139 Å². The molecule has 4 aromatic carbocycles. The number of hydrogen-bond acceptors (Lipinski definition) is 4. The van der Waals surface area contributed by atoms with Crippen molar-refractivity contribution in [1.82, 2.24) is 9.55 Å². The molecule has 201 valence electrons. The molecule has 0 saturated heterocycles. The van der Waals surface area contributed by atoms with Crippen molar-refractivity contribution in [3.63, 3.8) is 0 Å². The van der Waals surface area contributed by atoms with Crippen molar-refractivity contribution >= 4 is 44.8 Å². The topological polar surface area (TPSA) is 58.4 Å². The Balaban J connectivity index is 0.000000413. The van der Waals surface area contributed by atoms with E-state index in [1.807, 2.05) is 30.5 Å². The van der Waals surface area contributed by atoms with Gasteiger partial charge < -0.3 is 19.6 Å². The number of hydrogen-bond donors (Lipinski definition) is 1. The summed E-state index contributed by atoms with van der Waals surface area (Å²) >= 11 is 0. The average Bonchev–Trinajstić information content (AvgIpc) is 3.28. The van der Waals surface area contributed by atoms with E-state index in [0.29, 0.717) is 0 Å². The molecule has 0 unspecified atom stereocenters. The Morgan fingerprint density at radius 1 is 0.800 bits per heavy atom. The third-order valence-electron chi connectivity index (χ3n) is 6.12. The van der Waals surface area contributed by atoms with E-state index in [1.165, 1.54) is 19.9 Å². The summed E-state index contributed by atoms with van der Waals surface area (Å²) in [6.07, 6.45) is 3.01. The fraction of sp³-hybridized carbons (Fsp3) is 0.0588. The van der Waals surface area contributed by atoms with Crippen molar-refractivity contribution in [2.24, 2.45) is 0 Å². The van der Waals surface area contributed by atoms with Gasteiger partial charge in [-0.2, -0.15) is 0 Å². The summed E-state index contributed by atoms with van der Waals surface area (Å²) in [6, 6.07) is 43.3. The molecule has 0 spiro atoms.